The fourth-order valence-electron chi connectivity index (χ4n) is 6.26. The summed E-state index contributed by atoms with van der Waals surface area (Å²) in [6, 6.07) is 17.9. The van der Waals surface area contributed by atoms with E-state index in [4.69, 9.17) is 4.74 Å². The lowest BCUT2D eigenvalue weighted by molar-refractivity contribution is -0.0618. The molecule has 0 radical (unpaired) electrons. The summed E-state index contributed by atoms with van der Waals surface area (Å²) in [6.45, 7) is 3.13. The zero-order chi connectivity index (χ0) is 23.0. The molecule has 2 aromatic rings. The summed E-state index contributed by atoms with van der Waals surface area (Å²) < 4.78 is 5.56. The molecule has 5 nitrogen and oxygen atoms in total. The number of amides is 1. The third-order valence-electron chi connectivity index (χ3n) is 8.36. The lowest BCUT2D eigenvalue weighted by Crippen LogP contribution is -2.61. The van der Waals surface area contributed by atoms with Crippen molar-refractivity contribution in [3.8, 4) is 5.75 Å². The van der Waals surface area contributed by atoms with E-state index in [9.17, 15) is 9.90 Å². The molecule has 1 aliphatic heterocycles. The molecule has 1 saturated heterocycles. The molecule has 5 heteroatoms. The standard InChI is InChI=1S/C28H36N2O3/c1-29(27(32)21-7-4-3-5-8-21)23-16-26(31)25-19-30(18-20-11-12-20)14-13-28(25,17-23)22-9-6-10-24(15-22)33-2/h3-10,15,20,23,25-26,31H,11-14,16-19H2,1-2H3/t23-,25+,26?,28+/m1/s1. The predicted octanol–water partition coefficient (Wildman–Crippen LogP) is 3.96. The molecular weight excluding hydrogens is 412 g/mol. The third kappa shape index (κ3) is 4.41. The van der Waals surface area contributed by atoms with E-state index >= 15 is 0 Å². The number of carbonyl (C=O) groups excluding carboxylic acids is 1. The minimum Gasteiger partial charge on any atom is -0.497 e. The number of hydrogen-bond acceptors (Lipinski definition) is 4. The lowest BCUT2D eigenvalue weighted by atomic mass is 9.56. The number of rotatable bonds is 6. The normalized spacial score (nSPS) is 29.8. The number of aliphatic hydroxyl groups is 1. The van der Waals surface area contributed by atoms with Crippen LogP contribution in [-0.2, 0) is 5.41 Å². The van der Waals surface area contributed by atoms with Crippen LogP contribution in [0.3, 0.4) is 0 Å². The Hall–Kier alpha value is -2.37. The van der Waals surface area contributed by atoms with E-state index in [2.05, 4.69) is 23.1 Å². The molecule has 0 bridgehead atoms. The Labute approximate surface area is 197 Å². The fourth-order valence-corrected chi connectivity index (χ4v) is 6.26. The lowest BCUT2D eigenvalue weighted by Gasteiger charge is -2.56. The summed E-state index contributed by atoms with van der Waals surface area (Å²) in [5.41, 5.74) is 1.77. The molecule has 2 aromatic carbocycles. The molecule has 33 heavy (non-hydrogen) atoms. The first-order valence-electron chi connectivity index (χ1n) is 12.4. The molecule has 2 aliphatic carbocycles. The van der Waals surface area contributed by atoms with Crippen LogP contribution < -0.4 is 4.74 Å². The highest BCUT2D eigenvalue weighted by Gasteiger charge is 2.53. The molecule has 0 spiro atoms. The SMILES string of the molecule is COc1cccc([C@@]23CCN(CC4CC4)C[C@H]2C(O)C[C@@H](N(C)C(=O)c2ccccc2)C3)c1. The van der Waals surface area contributed by atoms with Gasteiger partial charge in [-0.05, 0) is 74.4 Å². The third-order valence-corrected chi connectivity index (χ3v) is 8.36. The number of fused-ring (bicyclic) bond motifs is 1. The number of hydrogen-bond donors (Lipinski definition) is 1. The average Bonchev–Trinajstić information content (AvgIpc) is 3.68. The van der Waals surface area contributed by atoms with Gasteiger partial charge in [0.05, 0.1) is 13.2 Å². The molecule has 2 saturated carbocycles. The van der Waals surface area contributed by atoms with Crippen molar-refractivity contribution in [2.24, 2.45) is 11.8 Å². The van der Waals surface area contributed by atoms with Gasteiger partial charge in [0.25, 0.3) is 5.91 Å². The molecule has 1 heterocycles. The van der Waals surface area contributed by atoms with Crippen molar-refractivity contribution in [1.29, 1.82) is 0 Å². The van der Waals surface area contributed by atoms with Crippen LogP contribution in [0.2, 0.25) is 0 Å². The van der Waals surface area contributed by atoms with Gasteiger partial charge in [-0.15, -0.1) is 0 Å². The van der Waals surface area contributed by atoms with E-state index in [-0.39, 0.29) is 23.3 Å². The van der Waals surface area contributed by atoms with Crippen molar-refractivity contribution in [3.05, 3.63) is 65.7 Å². The Morgan fingerprint density at radius 2 is 1.97 bits per heavy atom. The van der Waals surface area contributed by atoms with Crippen molar-refractivity contribution in [2.75, 3.05) is 33.8 Å². The van der Waals surface area contributed by atoms with Crippen LogP contribution in [0.25, 0.3) is 0 Å². The van der Waals surface area contributed by atoms with Gasteiger partial charge in [0.1, 0.15) is 5.75 Å². The summed E-state index contributed by atoms with van der Waals surface area (Å²) >= 11 is 0. The van der Waals surface area contributed by atoms with Crippen LogP contribution in [-0.4, -0.2) is 66.8 Å². The van der Waals surface area contributed by atoms with Gasteiger partial charge in [-0.2, -0.15) is 0 Å². The van der Waals surface area contributed by atoms with Crippen LogP contribution in [0, 0.1) is 11.8 Å². The van der Waals surface area contributed by atoms with Crippen LogP contribution in [0.1, 0.15) is 48.0 Å². The van der Waals surface area contributed by atoms with Gasteiger partial charge in [-0.25, -0.2) is 0 Å². The first kappa shape index (κ1) is 22.4. The number of likely N-dealkylation sites (tertiary alicyclic amines) is 1. The van der Waals surface area contributed by atoms with E-state index in [1.807, 2.05) is 48.3 Å². The smallest absolute Gasteiger partial charge is 0.253 e. The number of carbonyl (C=O) groups is 1. The monoisotopic (exact) mass is 448 g/mol. The summed E-state index contributed by atoms with van der Waals surface area (Å²) in [6.07, 6.45) is 4.75. The van der Waals surface area contributed by atoms with Crippen molar-refractivity contribution < 1.29 is 14.6 Å². The number of aliphatic hydroxyl groups excluding tert-OH is 1. The maximum absolute atomic E-state index is 13.2. The summed E-state index contributed by atoms with van der Waals surface area (Å²) in [5.74, 6) is 1.88. The quantitative estimate of drug-likeness (QED) is 0.727. The zero-order valence-corrected chi connectivity index (χ0v) is 19.8. The summed E-state index contributed by atoms with van der Waals surface area (Å²) in [7, 11) is 3.60. The van der Waals surface area contributed by atoms with Crippen molar-refractivity contribution in [1.82, 2.24) is 9.80 Å². The number of ether oxygens (including phenoxy) is 1. The van der Waals surface area contributed by atoms with Crippen LogP contribution in [0.5, 0.6) is 5.75 Å². The van der Waals surface area contributed by atoms with Crippen molar-refractivity contribution >= 4 is 5.91 Å². The molecule has 176 valence electrons. The molecule has 0 aromatic heterocycles. The largest absolute Gasteiger partial charge is 0.497 e. The maximum Gasteiger partial charge on any atom is 0.253 e. The van der Waals surface area contributed by atoms with Crippen LogP contribution >= 0.6 is 0 Å². The molecule has 4 atom stereocenters. The van der Waals surface area contributed by atoms with Crippen molar-refractivity contribution in [3.63, 3.8) is 0 Å². The molecule has 5 rings (SSSR count). The molecule has 1 unspecified atom stereocenters. The molecule has 3 fully saturated rings. The zero-order valence-electron chi connectivity index (χ0n) is 19.8. The molecule has 1 amide bonds. The minimum atomic E-state index is -0.442. The Morgan fingerprint density at radius 3 is 2.70 bits per heavy atom. The van der Waals surface area contributed by atoms with Crippen LogP contribution in [0.4, 0.5) is 0 Å². The van der Waals surface area contributed by atoms with Gasteiger partial charge in [0.2, 0.25) is 0 Å². The van der Waals surface area contributed by atoms with E-state index in [1.54, 1.807) is 7.11 Å². The maximum atomic E-state index is 13.2. The second kappa shape index (κ2) is 9.11. The fraction of sp³-hybridized carbons (Fsp3) is 0.536. The first-order chi connectivity index (χ1) is 16.0. The molecule has 3 aliphatic rings. The van der Waals surface area contributed by atoms with E-state index < -0.39 is 6.10 Å². The second-order valence-electron chi connectivity index (χ2n) is 10.4. The van der Waals surface area contributed by atoms with E-state index in [0.29, 0.717) is 12.0 Å². The summed E-state index contributed by atoms with van der Waals surface area (Å²) in [4.78, 5) is 17.7. The first-order valence-corrected chi connectivity index (χ1v) is 12.4. The number of benzene rings is 2. The van der Waals surface area contributed by atoms with Gasteiger partial charge >= 0.3 is 0 Å². The van der Waals surface area contributed by atoms with Gasteiger partial charge < -0.3 is 19.6 Å². The highest BCUT2D eigenvalue weighted by molar-refractivity contribution is 5.94. The van der Waals surface area contributed by atoms with Gasteiger partial charge in [-0.3, -0.25) is 4.79 Å². The van der Waals surface area contributed by atoms with E-state index in [1.165, 1.54) is 18.4 Å². The number of methoxy groups -OCH3 is 1. The highest BCUT2D eigenvalue weighted by Crippen LogP contribution is 2.51. The number of nitrogens with zero attached hydrogens (tertiary/aromatic N) is 2. The van der Waals surface area contributed by atoms with E-state index in [0.717, 1.165) is 44.1 Å². The van der Waals surface area contributed by atoms with Gasteiger partial charge in [0.15, 0.2) is 0 Å². The molecular formula is C28H36N2O3. The van der Waals surface area contributed by atoms with Gasteiger partial charge in [0, 0.05) is 43.1 Å². The Kier molecular flexibility index (Phi) is 6.19. The highest BCUT2D eigenvalue weighted by atomic mass is 16.5. The molecule has 1 N–H and O–H groups in total. The second-order valence-corrected chi connectivity index (χ2v) is 10.4. The Bertz CT molecular complexity index is 976. The Morgan fingerprint density at radius 1 is 1.18 bits per heavy atom. The average molecular weight is 449 g/mol. The topological polar surface area (TPSA) is 53.0 Å². The van der Waals surface area contributed by atoms with Crippen molar-refractivity contribution in [2.45, 2.75) is 49.7 Å². The minimum absolute atomic E-state index is 0.00913. The predicted molar refractivity (Wildman–Crippen MR) is 130 cm³/mol. The summed E-state index contributed by atoms with van der Waals surface area (Å²) in [5, 5.41) is 11.5. The number of piperidine rings is 1. The Balaban J connectivity index is 1.46. The van der Waals surface area contributed by atoms with Gasteiger partial charge in [-0.1, -0.05) is 30.3 Å². The van der Waals surface area contributed by atoms with Crippen LogP contribution in [0.15, 0.2) is 54.6 Å².